The minimum atomic E-state index is 0.681. The normalized spacial score (nSPS) is 10.7. The summed E-state index contributed by atoms with van der Waals surface area (Å²) >= 11 is 0. The summed E-state index contributed by atoms with van der Waals surface area (Å²) in [5.74, 6) is 0.787. The first-order chi connectivity index (χ1) is 10.6. The molecule has 0 atom stereocenters. The zero-order chi connectivity index (χ0) is 15.7. The van der Waals surface area contributed by atoms with Gasteiger partial charge < -0.3 is 4.74 Å². The first kappa shape index (κ1) is 14.3. The summed E-state index contributed by atoms with van der Waals surface area (Å²) < 4.78 is 5.50. The molecule has 0 spiro atoms. The van der Waals surface area contributed by atoms with Crippen molar-refractivity contribution in [2.45, 2.75) is 13.8 Å². The molecule has 0 N–H and O–H groups in total. The van der Waals surface area contributed by atoms with Gasteiger partial charge in [0.1, 0.15) is 5.75 Å². The highest BCUT2D eigenvalue weighted by atomic mass is 16.5. The minimum absolute atomic E-state index is 0.681. The summed E-state index contributed by atoms with van der Waals surface area (Å²) in [4.78, 5) is 11.6. The van der Waals surface area contributed by atoms with Crippen molar-refractivity contribution in [3.63, 3.8) is 0 Å². The summed E-state index contributed by atoms with van der Waals surface area (Å²) in [6, 6.07) is 16.3. The van der Waals surface area contributed by atoms with Crippen LogP contribution in [0.4, 0.5) is 0 Å². The lowest BCUT2D eigenvalue weighted by molar-refractivity contribution is 0.112. The van der Waals surface area contributed by atoms with E-state index in [-0.39, 0.29) is 0 Å². The standard InChI is InChI=1S/C20H18O2/c1-13-4-6-15-11-19(17(12-21)10-16(15)8-13)18-7-5-14(2)9-20(18)22-3/h4-12H,1-3H3. The monoisotopic (exact) mass is 290 g/mol. The van der Waals surface area contributed by atoms with Gasteiger partial charge in [0.25, 0.3) is 0 Å². The van der Waals surface area contributed by atoms with Crippen LogP contribution < -0.4 is 4.74 Å². The molecule has 0 aromatic heterocycles. The molecule has 0 radical (unpaired) electrons. The zero-order valence-corrected chi connectivity index (χ0v) is 13.0. The summed E-state index contributed by atoms with van der Waals surface area (Å²) in [5.41, 5.74) is 4.84. The second-order valence-electron chi connectivity index (χ2n) is 5.61. The molecule has 0 saturated heterocycles. The smallest absolute Gasteiger partial charge is 0.150 e. The van der Waals surface area contributed by atoms with Gasteiger partial charge in [0, 0.05) is 11.1 Å². The number of aryl methyl sites for hydroxylation is 2. The van der Waals surface area contributed by atoms with Crippen molar-refractivity contribution in [2.24, 2.45) is 0 Å². The molecule has 0 heterocycles. The van der Waals surface area contributed by atoms with Crippen LogP contribution in [0.3, 0.4) is 0 Å². The summed E-state index contributed by atoms with van der Waals surface area (Å²) in [7, 11) is 1.66. The van der Waals surface area contributed by atoms with Crippen molar-refractivity contribution in [3.8, 4) is 16.9 Å². The van der Waals surface area contributed by atoms with Gasteiger partial charge in [-0.2, -0.15) is 0 Å². The highest BCUT2D eigenvalue weighted by molar-refractivity contribution is 5.98. The fraction of sp³-hybridized carbons (Fsp3) is 0.150. The van der Waals surface area contributed by atoms with Crippen molar-refractivity contribution in [2.75, 3.05) is 7.11 Å². The number of aldehydes is 1. The molecule has 2 nitrogen and oxygen atoms in total. The highest BCUT2D eigenvalue weighted by Gasteiger charge is 2.12. The van der Waals surface area contributed by atoms with E-state index in [1.165, 1.54) is 5.56 Å². The van der Waals surface area contributed by atoms with E-state index in [1.54, 1.807) is 7.11 Å². The van der Waals surface area contributed by atoms with Crippen LogP contribution >= 0.6 is 0 Å². The molecule has 3 aromatic rings. The molecule has 0 unspecified atom stereocenters. The Morgan fingerprint density at radius 3 is 2.27 bits per heavy atom. The van der Waals surface area contributed by atoms with Gasteiger partial charge in [0.05, 0.1) is 7.11 Å². The maximum atomic E-state index is 11.6. The van der Waals surface area contributed by atoms with Gasteiger partial charge in [-0.15, -0.1) is 0 Å². The quantitative estimate of drug-likeness (QED) is 0.638. The number of ether oxygens (including phenoxy) is 1. The maximum absolute atomic E-state index is 11.6. The van der Waals surface area contributed by atoms with Gasteiger partial charge in [-0.25, -0.2) is 0 Å². The molecule has 3 rings (SSSR count). The minimum Gasteiger partial charge on any atom is -0.496 e. The van der Waals surface area contributed by atoms with Crippen LogP contribution in [0, 0.1) is 13.8 Å². The van der Waals surface area contributed by atoms with Gasteiger partial charge in [-0.3, -0.25) is 4.79 Å². The number of carbonyl (C=O) groups is 1. The van der Waals surface area contributed by atoms with Gasteiger partial charge in [-0.05, 0) is 53.9 Å². The maximum Gasteiger partial charge on any atom is 0.150 e. The second kappa shape index (κ2) is 5.64. The topological polar surface area (TPSA) is 26.3 Å². The average Bonchev–Trinajstić information content (AvgIpc) is 2.53. The Kier molecular flexibility index (Phi) is 3.68. The summed E-state index contributed by atoms with van der Waals surface area (Å²) in [6.45, 7) is 4.08. The predicted molar refractivity (Wildman–Crippen MR) is 90.8 cm³/mol. The molecule has 2 heteroatoms. The SMILES string of the molecule is COc1cc(C)ccc1-c1cc2ccc(C)cc2cc1C=O. The molecule has 3 aromatic carbocycles. The molecule has 0 amide bonds. The lowest BCUT2D eigenvalue weighted by Crippen LogP contribution is -1.93. The Balaban J connectivity index is 2.30. The number of carbonyl (C=O) groups excluding carboxylic acids is 1. The van der Waals surface area contributed by atoms with Crippen molar-refractivity contribution in [1.82, 2.24) is 0 Å². The molecule has 0 saturated carbocycles. The molecule has 0 aliphatic carbocycles. The van der Waals surface area contributed by atoms with Crippen LogP contribution in [0.5, 0.6) is 5.75 Å². The Labute approximate surface area is 130 Å². The van der Waals surface area contributed by atoms with Gasteiger partial charge in [0.15, 0.2) is 6.29 Å². The fourth-order valence-electron chi connectivity index (χ4n) is 2.79. The van der Waals surface area contributed by atoms with Crippen molar-refractivity contribution in [3.05, 3.63) is 65.2 Å². The van der Waals surface area contributed by atoms with Crippen LogP contribution in [0.2, 0.25) is 0 Å². The van der Waals surface area contributed by atoms with Crippen molar-refractivity contribution in [1.29, 1.82) is 0 Å². The summed E-state index contributed by atoms with van der Waals surface area (Å²) in [5, 5.41) is 2.20. The van der Waals surface area contributed by atoms with Crippen LogP contribution in [-0.4, -0.2) is 13.4 Å². The molecule has 0 bridgehead atoms. The van der Waals surface area contributed by atoms with E-state index >= 15 is 0 Å². The van der Waals surface area contributed by atoms with E-state index in [1.807, 2.05) is 31.2 Å². The summed E-state index contributed by atoms with van der Waals surface area (Å²) in [6.07, 6.45) is 0.913. The third-order valence-corrected chi connectivity index (χ3v) is 3.94. The molecule has 0 aliphatic heterocycles. The lowest BCUT2D eigenvalue weighted by Gasteiger charge is -2.13. The highest BCUT2D eigenvalue weighted by Crippen LogP contribution is 2.35. The zero-order valence-electron chi connectivity index (χ0n) is 13.0. The second-order valence-corrected chi connectivity index (χ2v) is 5.61. The largest absolute Gasteiger partial charge is 0.496 e. The van der Waals surface area contributed by atoms with Crippen molar-refractivity contribution >= 4 is 17.1 Å². The number of methoxy groups -OCH3 is 1. The van der Waals surface area contributed by atoms with Gasteiger partial charge in [0.2, 0.25) is 0 Å². The number of hydrogen-bond donors (Lipinski definition) is 0. The average molecular weight is 290 g/mol. The molecular formula is C20H18O2. The lowest BCUT2D eigenvalue weighted by atomic mass is 9.94. The van der Waals surface area contributed by atoms with Crippen LogP contribution in [0.1, 0.15) is 21.5 Å². The third kappa shape index (κ3) is 2.48. The molecular weight excluding hydrogens is 272 g/mol. The predicted octanol–water partition coefficient (Wildman–Crippen LogP) is 4.94. The Bertz CT molecular complexity index is 863. The fourth-order valence-corrected chi connectivity index (χ4v) is 2.79. The van der Waals surface area contributed by atoms with Crippen LogP contribution in [0.15, 0.2) is 48.5 Å². The Hall–Kier alpha value is -2.61. The van der Waals surface area contributed by atoms with Gasteiger partial charge >= 0.3 is 0 Å². The number of fused-ring (bicyclic) bond motifs is 1. The molecule has 0 fully saturated rings. The van der Waals surface area contributed by atoms with E-state index in [9.17, 15) is 4.79 Å². The van der Waals surface area contributed by atoms with E-state index < -0.39 is 0 Å². The number of hydrogen-bond acceptors (Lipinski definition) is 2. The Morgan fingerprint density at radius 1 is 0.818 bits per heavy atom. The number of rotatable bonds is 3. The van der Waals surface area contributed by atoms with Crippen LogP contribution in [0.25, 0.3) is 21.9 Å². The van der Waals surface area contributed by atoms with Gasteiger partial charge in [-0.1, -0.05) is 35.9 Å². The van der Waals surface area contributed by atoms with Crippen LogP contribution in [-0.2, 0) is 0 Å². The number of benzene rings is 3. The Morgan fingerprint density at radius 2 is 1.55 bits per heavy atom. The van der Waals surface area contributed by atoms with E-state index in [2.05, 4.69) is 31.2 Å². The van der Waals surface area contributed by atoms with E-state index in [4.69, 9.17) is 4.74 Å². The third-order valence-electron chi connectivity index (χ3n) is 3.94. The first-order valence-corrected chi connectivity index (χ1v) is 7.27. The molecule has 22 heavy (non-hydrogen) atoms. The molecule has 110 valence electrons. The first-order valence-electron chi connectivity index (χ1n) is 7.27. The molecule has 0 aliphatic rings. The van der Waals surface area contributed by atoms with E-state index in [0.29, 0.717) is 5.56 Å². The van der Waals surface area contributed by atoms with E-state index in [0.717, 1.165) is 39.5 Å². The van der Waals surface area contributed by atoms with Crippen molar-refractivity contribution < 1.29 is 9.53 Å².